The Morgan fingerprint density at radius 1 is 1.00 bits per heavy atom. The molecule has 2 aromatic carbocycles. The van der Waals surface area contributed by atoms with Crippen molar-refractivity contribution >= 4 is 0 Å². The summed E-state index contributed by atoms with van der Waals surface area (Å²) in [7, 11) is 4.92. The molecule has 0 bridgehead atoms. The average molecular weight is 275 g/mol. The third kappa shape index (κ3) is 2.75. The van der Waals surface area contributed by atoms with Crippen molar-refractivity contribution in [3.8, 4) is 11.5 Å². The van der Waals surface area contributed by atoms with Crippen LogP contribution >= 0.6 is 0 Å². The van der Waals surface area contributed by atoms with E-state index < -0.39 is 0 Å². The van der Waals surface area contributed by atoms with Crippen molar-refractivity contribution in [2.75, 3.05) is 21.3 Å². The van der Waals surface area contributed by atoms with Gasteiger partial charge < -0.3 is 14.8 Å². The third-order valence-electron chi connectivity index (χ3n) is 3.26. The lowest BCUT2D eigenvalue weighted by Gasteiger charge is -2.20. The first-order valence-corrected chi connectivity index (χ1v) is 6.35. The first-order chi connectivity index (χ1) is 9.71. The standard InChI is InChI=1S/C16H18FNO2/c1-18-16(13-6-4-5-7-15(13)20-3)12-9-8-11(19-2)10-14(12)17/h4-10,16,18H,1-3H3. The van der Waals surface area contributed by atoms with E-state index in [-0.39, 0.29) is 11.9 Å². The summed E-state index contributed by atoms with van der Waals surface area (Å²) in [5, 5.41) is 3.13. The molecule has 0 aromatic heterocycles. The molecule has 20 heavy (non-hydrogen) atoms. The maximum absolute atomic E-state index is 14.2. The Bertz CT molecular complexity index is 586. The SMILES string of the molecule is CNC(c1ccc(OC)cc1F)c1ccccc1OC. The van der Waals surface area contributed by atoms with Gasteiger partial charge in [0.2, 0.25) is 0 Å². The van der Waals surface area contributed by atoms with Crippen LogP contribution in [-0.4, -0.2) is 21.3 Å². The molecule has 2 rings (SSSR count). The lowest BCUT2D eigenvalue weighted by Crippen LogP contribution is -2.19. The second-order valence-electron chi connectivity index (χ2n) is 4.35. The minimum atomic E-state index is -0.311. The van der Waals surface area contributed by atoms with Gasteiger partial charge in [-0.3, -0.25) is 0 Å². The lowest BCUT2D eigenvalue weighted by atomic mass is 9.97. The molecular weight excluding hydrogens is 257 g/mol. The number of hydrogen-bond acceptors (Lipinski definition) is 3. The molecular formula is C16H18FNO2. The molecule has 1 unspecified atom stereocenters. The molecule has 0 aliphatic carbocycles. The molecule has 0 aliphatic rings. The molecule has 106 valence electrons. The fraction of sp³-hybridized carbons (Fsp3) is 0.250. The summed E-state index contributed by atoms with van der Waals surface area (Å²) in [4.78, 5) is 0. The van der Waals surface area contributed by atoms with E-state index in [0.717, 1.165) is 11.3 Å². The van der Waals surface area contributed by atoms with Crippen LogP contribution in [0.15, 0.2) is 42.5 Å². The van der Waals surface area contributed by atoms with E-state index in [2.05, 4.69) is 5.32 Å². The Balaban J connectivity index is 2.47. The summed E-state index contributed by atoms with van der Waals surface area (Å²) in [6.45, 7) is 0. The fourth-order valence-electron chi connectivity index (χ4n) is 2.25. The maximum Gasteiger partial charge on any atom is 0.132 e. The van der Waals surface area contributed by atoms with Gasteiger partial charge in [0.1, 0.15) is 17.3 Å². The molecule has 0 fully saturated rings. The van der Waals surface area contributed by atoms with Crippen LogP contribution in [0.3, 0.4) is 0 Å². The molecule has 0 aliphatic heterocycles. The number of methoxy groups -OCH3 is 2. The Morgan fingerprint density at radius 2 is 1.75 bits per heavy atom. The highest BCUT2D eigenvalue weighted by Crippen LogP contribution is 2.32. The van der Waals surface area contributed by atoms with Crippen molar-refractivity contribution in [1.82, 2.24) is 5.32 Å². The van der Waals surface area contributed by atoms with Gasteiger partial charge in [0.05, 0.1) is 20.3 Å². The largest absolute Gasteiger partial charge is 0.497 e. The highest BCUT2D eigenvalue weighted by atomic mass is 19.1. The number of rotatable bonds is 5. The van der Waals surface area contributed by atoms with Gasteiger partial charge in [0.25, 0.3) is 0 Å². The highest BCUT2D eigenvalue weighted by molar-refractivity contribution is 5.43. The first-order valence-electron chi connectivity index (χ1n) is 6.35. The van der Waals surface area contributed by atoms with Crippen LogP contribution in [-0.2, 0) is 0 Å². The molecule has 3 nitrogen and oxygen atoms in total. The molecule has 0 saturated heterocycles. The van der Waals surface area contributed by atoms with Crippen LogP contribution < -0.4 is 14.8 Å². The van der Waals surface area contributed by atoms with Gasteiger partial charge in [-0.1, -0.05) is 24.3 Å². The van der Waals surface area contributed by atoms with Gasteiger partial charge in [0, 0.05) is 17.2 Å². The monoisotopic (exact) mass is 275 g/mol. The molecule has 2 aromatic rings. The van der Waals surface area contributed by atoms with E-state index in [9.17, 15) is 4.39 Å². The molecule has 4 heteroatoms. The van der Waals surface area contributed by atoms with Crippen LogP contribution in [0.4, 0.5) is 4.39 Å². The molecule has 0 amide bonds. The van der Waals surface area contributed by atoms with E-state index >= 15 is 0 Å². The Kier molecular flexibility index (Phi) is 4.58. The molecule has 0 spiro atoms. The van der Waals surface area contributed by atoms with Crippen LogP contribution in [0.25, 0.3) is 0 Å². The van der Waals surface area contributed by atoms with Crippen molar-refractivity contribution in [3.05, 3.63) is 59.4 Å². The molecule has 1 N–H and O–H groups in total. The van der Waals surface area contributed by atoms with Gasteiger partial charge in [-0.2, -0.15) is 0 Å². The normalized spacial score (nSPS) is 12.0. The smallest absolute Gasteiger partial charge is 0.132 e. The lowest BCUT2D eigenvalue weighted by molar-refractivity contribution is 0.403. The van der Waals surface area contributed by atoms with Crippen molar-refractivity contribution < 1.29 is 13.9 Å². The number of ether oxygens (including phenoxy) is 2. The predicted octanol–water partition coefficient (Wildman–Crippen LogP) is 3.15. The van der Waals surface area contributed by atoms with Crippen LogP contribution in [0, 0.1) is 5.82 Å². The number of halogens is 1. The number of hydrogen-bond donors (Lipinski definition) is 1. The summed E-state index contributed by atoms with van der Waals surface area (Å²) in [5.74, 6) is 0.915. The summed E-state index contributed by atoms with van der Waals surface area (Å²) in [5.41, 5.74) is 1.44. The maximum atomic E-state index is 14.2. The fourth-order valence-corrected chi connectivity index (χ4v) is 2.25. The minimum absolute atomic E-state index is 0.281. The van der Waals surface area contributed by atoms with E-state index in [1.807, 2.05) is 24.3 Å². The molecule has 0 radical (unpaired) electrons. The number of para-hydroxylation sites is 1. The topological polar surface area (TPSA) is 30.5 Å². The quantitative estimate of drug-likeness (QED) is 0.909. The summed E-state index contributed by atoms with van der Waals surface area (Å²) < 4.78 is 24.6. The van der Waals surface area contributed by atoms with E-state index in [0.29, 0.717) is 11.3 Å². The zero-order chi connectivity index (χ0) is 14.5. The number of benzene rings is 2. The Hall–Kier alpha value is -2.07. The van der Waals surface area contributed by atoms with Gasteiger partial charge in [0.15, 0.2) is 0 Å². The minimum Gasteiger partial charge on any atom is -0.497 e. The molecule has 0 heterocycles. The van der Waals surface area contributed by atoms with Crippen molar-refractivity contribution in [2.45, 2.75) is 6.04 Å². The van der Waals surface area contributed by atoms with Crippen LogP contribution in [0.1, 0.15) is 17.2 Å². The second kappa shape index (κ2) is 6.39. The molecule has 1 atom stereocenters. The Labute approximate surface area is 118 Å². The number of nitrogens with one attached hydrogen (secondary N) is 1. The first kappa shape index (κ1) is 14.3. The van der Waals surface area contributed by atoms with Crippen LogP contribution in [0.5, 0.6) is 11.5 Å². The zero-order valence-corrected chi connectivity index (χ0v) is 11.8. The van der Waals surface area contributed by atoms with Crippen molar-refractivity contribution in [1.29, 1.82) is 0 Å². The zero-order valence-electron chi connectivity index (χ0n) is 11.8. The average Bonchev–Trinajstić information content (AvgIpc) is 2.50. The van der Waals surface area contributed by atoms with Gasteiger partial charge in [-0.25, -0.2) is 4.39 Å². The third-order valence-corrected chi connectivity index (χ3v) is 3.26. The second-order valence-corrected chi connectivity index (χ2v) is 4.35. The van der Waals surface area contributed by atoms with Crippen molar-refractivity contribution in [3.63, 3.8) is 0 Å². The van der Waals surface area contributed by atoms with E-state index in [4.69, 9.17) is 9.47 Å². The van der Waals surface area contributed by atoms with Crippen LogP contribution in [0.2, 0.25) is 0 Å². The summed E-state index contributed by atoms with van der Waals surface area (Å²) >= 11 is 0. The van der Waals surface area contributed by atoms with Gasteiger partial charge in [-0.15, -0.1) is 0 Å². The van der Waals surface area contributed by atoms with Gasteiger partial charge >= 0.3 is 0 Å². The van der Waals surface area contributed by atoms with Gasteiger partial charge in [-0.05, 0) is 19.2 Å². The predicted molar refractivity (Wildman–Crippen MR) is 76.8 cm³/mol. The highest BCUT2D eigenvalue weighted by Gasteiger charge is 2.19. The summed E-state index contributed by atoms with van der Waals surface area (Å²) in [6.07, 6.45) is 0. The Morgan fingerprint density at radius 3 is 2.35 bits per heavy atom. The van der Waals surface area contributed by atoms with Crippen molar-refractivity contribution in [2.24, 2.45) is 0 Å². The summed E-state index contributed by atoms with van der Waals surface area (Å²) in [6, 6.07) is 12.2. The van der Waals surface area contributed by atoms with E-state index in [1.54, 1.807) is 26.3 Å². The molecule has 0 saturated carbocycles. The van der Waals surface area contributed by atoms with E-state index in [1.165, 1.54) is 13.2 Å².